The predicted octanol–water partition coefficient (Wildman–Crippen LogP) is 4.55. The van der Waals surface area contributed by atoms with Gasteiger partial charge in [-0.2, -0.15) is 4.31 Å². The number of piperidine rings is 1. The standard InChI is InChI=1S/C24H29NO5S/c1-18(2)30-24-20(8-7-9-23(24)29-3)12-15-22(26)19-10-13-21(14-11-19)31(27,28)25-16-5-4-6-17-25/h7-15,18H,4-6,16-17H2,1-3H3. The Balaban J connectivity index is 1.78. The van der Waals surface area contributed by atoms with E-state index in [1.54, 1.807) is 31.4 Å². The summed E-state index contributed by atoms with van der Waals surface area (Å²) in [5, 5.41) is 0. The number of carbonyl (C=O) groups is 1. The molecule has 1 aliphatic rings. The van der Waals surface area contributed by atoms with E-state index in [1.165, 1.54) is 22.5 Å². The van der Waals surface area contributed by atoms with Gasteiger partial charge in [-0.25, -0.2) is 8.42 Å². The van der Waals surface area contributed by atoms with Gasteiger partial charge in [0.15, 0.2) is 17.3 Å². The molecule has 2 aromatic carbocycles. The van der Waals surface area contributed by atoms with Gasteiger partial charge in [-0.3, -0.25) is 4.79 Å². The topological polar surface area (TPSA) is 72.9 Å². The molecule has 1 aliphatic heterocycles. The first-order chi connectivity index (χ1) is 14.8. The van der Waals surface area contributed by atoms with Crippen molar-refractivity contribution in [1.29, 1.82) is 0 Å². The minimum Gasteiger partial charge on any atom is -0.493 e. The zero-order valence-electron chi connectivity index (χ0n) is 18.2. The Morgan fingerprint density at radius 1 is 1.03 bits per heavy atom. The van der Waals surface area contributed by atoms with Crippen molar-refractivity contribution in [2.24, 2.45) is 0 Å². The summed E-state index contributed by atoms with van der Waals surface area (Å²) in [5.74, 6) is 0.947. The monoisotopic (exact) mass is 443 g/mol. The minimum atomic E-state index is -3.51. The van der Waals surface area contributed by atoms with E-state index < -0.39 is 10.0 Å². The molecule has 0 radical (unpaired) electrons. The lowest BCUT2D eigenvalue weighted by Crippen LogP contribution is -2.35. The molecule has 1 heterocycles. The number of ketones is 1. The summed E-state index contributed by atoms with van der Waals surface area (Å²) < 4.78 is 38.3. The van der Waals surface area contributed by atoms with Crippen molar-refractivity contribution >= 4 is 21.9 Å². The molecular formula is C24H29NO5S. The van der Waals surface area contributed by atoms with Crippen molar-refractivity contribution in [2.75, 3.05) is 20.2 Å². The van der Waals surface area contributed by atoms with Gasteiger partial charge in [0.05, 0.1) is 18.1 Å². The molecule has 1 saturated heterocycles. The van der Waals surface area contributed by atoms with Gasteiger partial charge in [0, 0.05) is 24.2 Å². The number of nitrogens with zero attached hydrogens (tertiary/aromatic N) is 1. The minimum absolute atomic E-state index is 0.0476. The summed E-state index contributed by atoms with van der Waals surface area (Å²) >= 11 is 0. The second-order valence-corrected chi connectivity index (χ2v) is 9.67. The Kier molecular flexibility index (Phi) is 7.51. The Bertz CT molecular complexity index is 1040. The van der Waals surface area contributed by atoms with Crippen LogP contribution in [-0.2, 0) is 10.0 Å². The van der Waals surface area contributed by atoms with E-state index in [0.29, 0.717) is 30.2 Å². The van der Waals surface area contributed by atoms with Crippen molar-refractivity contribution in [2.45, 2.75) is 44.1 Å². The van der Waals surface area contributed by atoms with Crippen molar-refractivity contribution in [3.05, 3.63) is 59.7 Å². The van der Waals surface area contributed by atoms with Crippen LogP contribution in [0.25, 0.3) is 6.08 Å². The van der Waals surface area contributed by atoms with Crippen LogP contribution in [0, 0.1) is 0 Å². The molecule has 0 atom stereocenters. The summed E-state index contributed by atoms with van der Waals surface area (Å²) in [4.78, 5) is 12.9. The first-order valence-electron chi connectivity index (χ1n) is 10.5. The third-order valence-electron chi connectivity index (χ3n) is 5.09. The normalized spacial score (nSPS) is 15.4. The largest absolute Gasteiger partial charge is 0.493 e. The summed E-state index contributed by atoms with van der Waals surface area (Å²) in [7, 11) is -1.94. The molecule has 1 fully saturated rings. The highest BCUT2D eigenvalue weighted by Gasteiger charge is 2.25. The highest BCUT2D eigenvalue weighted by molar-refractivity contribution is 7.89. The second-order valence-electron chi connectivity index (χ2n) is 7.73. The Labute approximate surface area is 184 Å². The van der Waals surface area contributed by atoms with Gasteiger partial charge in [0.2, 0.25) is 10.0 Å². The second kappa shape index (κ2) is 10.1. The number of rotatable bonds is 8. The number of allylic oxidation sites excluding steroid dienone is 1. The molecule has 0 saturated carbocycles. The zero-order valence-corrected chi connectivity index (χ0v) is 19.0. The maximum absolute atomic E-state index is 12.8. The van der Waals surface area contributed by atoms with Gasteiger partial charge < -0.3 is 9.47 Å². The van der Waals surface area contributed by atoms with E-state index in [2.05, 4.69) is 0 Å². The average Bonchev–Trinajstić information content (AvgIpc) is 2.78. The molecule has 2 aromatic rings. The number of sulfonamides is 1. The smallest absolute Gasteiger partial charge is 0.243 e. The zero-order chi connectivity index (χ0) is 22.4. The van der Waals surface area contributed by atoms with E-state index in [1.807, 2.05) is 26.0 Å². The summed E-state index contributed by atoms with van der Waals surface area (Å²) in [6.07, 6.45) is 5.91. The Morgan fingerprint density at radius 3 is 2.32 bits per heavy atom. The maximum atomic E-state index is 12.8. The Hall–Kier alpha value is -2.64. The molecule has 0 aromatic heterocycles. The number of para-hydroxylation sites is 1. The van der Waals surface area contributed by atoms with E-state index in [0.717, 1.165) is 24.8 Å². The molecular weight excluding hydrogens is 414 g/mol. The van der Waals surface area contributed by atoms with Crippen LogP contribution in [0.5, 0.6) is 11.5 Å². The van der Waals surface area contributed by atoms with Crippen LogP contribution in [0.1, 0.15) is 49.0 Å². The van der Waals surface area contributed by atoms with E-state index >= 15 is 0 Å². The SMILES string of the molecule is COc1cccc(C=CC(=O)c2ccc(S(=O)(=O)N3CCCCC3)cc2)c1OC(C)C. The third-order valence-corrected chi connectivity index (χ3v) is 7.00. The van der Waals surface area contributed by atoms with Crippen LogP contribution in [0.4, 0.5) is 0 Å². The molecule has 166 valence electrons. The van der Waals surface area contributed by atoms with Gasteiger partial charge in [-0.1, -0.05) is 18.6 Å². The molecule has 3 rings (SSSR count). The van der Waals surface area contributed by atoms with Crippen molar-refractivity contribution in [3.63, 3.8) is 0 Å². The van der Waals surface area contributed by atoms with E-state index in [-0.39, 0.29) is 16.8 Å². The summed E-state index contributed by atoms with van der Waals surface area (Å²) in [6, 6.07) is 11.6. The average molecular weight is 444 g/mol. The lowest BCUT2D eigenvalue weighted by atomic mass is 10.1. The molecule has 31 heavy (non-hydrogen) atoms. The van der Waals surface area contributed by atoms with Gasteiger partial charge in [0.1, 0.15) is 0 Å². The maximum Gasteiger partial charge on any atom is 0.243 e. The third kappa shape index (κ3) is 5.54. The van der Waals surface area contributed by atoms with E-state index in [9.17, 15) is 13.2 Å². The van der Waals surface area contributed by atoms with Gasteiger partial charge in [-0.05, 0) is 69.2 Å². The first kappa shape index (κ1) is 23.0. The van der Waals surface area contributed by atoms with Gasteiger partial charge >= 0.3 is 0 Å². The summed E-state index contributed by atoms with van der Waals surface area (Å²) in [5.41, 5.74) is 1.15. The van der Waals surface area contributed by atoms with Crippen LogP contribution >= 0.6 is 0 Å². The number of hydrogen-bond donors (Lipinski definition) is 0. The number of methoxy groups -OCH3 is 1. The first-order valence-corrected chi connectivity index (χ1v) is 11.9. The molecule has 0 aliphatic carbocycles. The highest BCUT2D eigenvalue weighted by atomic mass is 32.2. The number of hydrogen-bond acceptors (Lipinski definition) is 5. The lowest BCUT2D eigenvalue weighted by Gasteiger charge is -2.25. The molecule has 7 heteroatoms. The number of benzene rings is 2. The van der Waals surface area contributed by atoms with Crippen molar-refractivity contribution in [1.82, 2.24) is 4.31 Å². The van der Waals surface area contributed by atoms with Crippen LogP contribution in [0.2, 0.25) is 0 Å². The predicted molar refractivity (Wildman–Crippen MR) is 121 cm³/mol. The van der Waals surface area contributed by atoms with Crippen LogP contribution < -0.4 is 9.47 Å². The number of carbonyl (C=O) groups excluding carboxylic acids is 1. The lowest BCUT2D eigenvalue weighted by molar-refractivity contribution is 0.104. The van der Waals surface area contributed by atoms with Gasteiger partial charge in [-0.15, -0.1) is 0 Å². The fourth-order valence-electron chi connectivity index (χ4n) is 3.49. The quantitative estimate of drug-likeness (QED) is 0.442. The fourth-order valence-corrected chi connectivity index (χ4v) is 5.01. The fraction of sp³-hybridized carbons (Fsp3) is 0.375. The molecule has 0 bridgehead atoms. The highest BCUT2D eigenvalue weighted by Crippen LogP contribution is 2.33. The summed E-state index contributed by atoms with van der Waals surface area (Å²) in [6.45, 7) is 4.94. The van der Waals surface area contributed by atoms with Crippen LogP contribution in [-0.4, -0.2) is 44.8 Å². The molecule has 0 N–H and O–H groups in total. The van der Waals surface area contributed by atoms with Crippen LogP contribution in [0.15, 0.2) is 53.4 Å². The van der Waals surface area contributed by atoms with Gasteiger partial charge in [0.25, 0.3) is 0 Å². The number of ether oxygens (including phenoxy) is 2. The molecule has 0 amide bonds. The van der Waals surface area contributed by atoms with Crippen molar-refractivity contribution < 1.29 is 22.7 Å². The Morgan fingerprint density at radius 2 is 1.71 bits per heavy atom. The molecule has 0 spiro atoms. The van der Waals surface area contributed by atoms with Crippen LogP contribution in [0.3, 0.4) is 0 Å². The molecule has 0 unspecified atom stereocenters. The van der Waals surface area contributed by atoms with Crippen molar-refractivity contribution in [3.8, 4) is 11.5 Å². The van der Waals surface area contributed by atoms with E-state index in [4.69, 9.17) is 9.47 Å². The molecule has 6 nitrogen and oxygen atoms in total.